The van der Waals surface area contributed by atoms with Crippen molar-refractivity contribution in [1.29, 1.82) is 0 Å². The van der Waals surface area contributed by atoms with Crippen LogP contribution in [0.2, 0.25) is 0 Å². The van der Waals surface area contributed by atoms with E-state index in [0.29, 0.717) is 18.5 Å². The Morgan fingerprint density at radius 1 is 1.00 bits per heavy atom. The van der Waals surface area contributed by atoms with Gasteiger partial charge in [0, 0.05) is 18.5 Å². The summed E-state index contributed by atoms with van der Waals surface area (Å²) < 4.78 is 18.6. The first-order chi connectivity index (χ1) is 10.5. The Morgan fingerprint density at radius 2 is 1.55 bits per heavy atom. The smallest absolute Gasteiger partial charge is 0.438 e. The molecule has 1 aromatic rings. The van der Waals surface area contributed by atoms with Crippen LogP contribution in [0.3, 0.4) is 0 Å². The van der Waals surface area contributed by atoms with Gasteiger partial charge in [0.25, 0.3) is 0 Å². The maximum Gasteiger partial charge on any atom is 0.507 e. The second kappa shape index (κ2) is 8.76. The van der Waals surface area contributed by atoms with Crippen molar-refractivity contribution in [2.45, 2.75) is 19.8 Å². The molecule has 122 valence electrons. The first-order valence-electron chi connectivity index (χ1n) is 6.78. The fourth-order valence-electron chi connectivity index (χ4n) is 2.01. The van der Waals surface area contributed by atoms with Crippen LogP contribution in [-0.2, 0) is 31.8 Å². The predicted molar refractivity (Wildman–Crippen MR) is 79.7 cm³/mol. The number of rotatable bonds is 6. The van der Waals surface area contributed by atoms with Gasteiger partial charge in [0.15, 0.2) is 0 Å². The monoisotopic (exact) mass is 311 g/mol. The molecule has 0 fully saturated rings. The average Bonchev–Trinajstić information content (AvgIpc) is 2.52. The van der Waals surface area contributed by atoms with E-state index in [4.69, 9.17) is 15.2 Å². The molecule has 0 radical (unpaired) electrons. The molecule has 7 nitrogen and oxygen atoms in total. The Labute approximate surface area is 129 Å². The lowest BCUT2D eigenvalue weighted by Crippen LogP contribution is -2.12. The minimum atomic E-state index is -0.725. The lowest BCUT2D eigenvalue weighted by molar-refractivity contribution is 0.0716. The van der Waals surface area contributed by atoms with Crippen molar-refractivity contribution in [3.63, 3.8) is 0 Å². The highest BCUT2D eigenvalue weighted by molar-refractivity contribution is 5.60. The molecule has 0 unspecified atom stereocenters. The van der Waals surface area contributed by atoms with Crippen LogP contribution in [0, 0.1) is 6.92 Å². The van der Waals surface area contributed by atoms with Crippen molar-refractivity contribution >= 4 is 18.0 Å². The number of carbonyl (C=O) groups excluding carboxylic acids is 2. The zero-order valence-corrected chi connectivity index (χ0v) is 13.0. The van der Waals surface area contributed by atoms with E-state index in [1.807, 2.05) is 13.0 Å². The summed E-state index contributed by atoms with van der Waals surface area (Å²) in [4.78, 5) is 21.9. The van der Waals surface area contributed by atoms with Gasteiger partial charge < -0.3 is 24.7 Å². The van der Waals surface area contributed by atoms with Crippen LogP contribution in [0.25, 0.3) is 0 Å². The van der Waals surface area contributed by atoms with Crippen LogP contribution in [0.5, 0.6) is 0 Å². The van der Waals surface area contributed by atoms with E-state index >= 15 is 0 Å². The lowest BCUT2D eigenvalue weighted by Gasteiger charge is -2.15. The highest BCUT2D eigenvalue weighted by Crippen LogP contribution is 2.22. The van der Waals surface area contributed by atoms with Gasteiger partial charge in [0.1, 0.15) is 0 Å². The summed E-state index contributed by atoms with van der Waals surface area (Å²) in [5.41, 5.74) is 9.43. The topological polar surface area (TPSA) is 97.1 Å². The van der Waals surface area contributed by atoms with Gasteiger partial charge in [0.2, 0.25) is 0 Å². The minimum Gasteiger partial charge on any atom is -0.438 e. The summed E-state index contributed by atoms with van der Waals surface area (Å²) in [5.74, 6) is 0. The lowest BCUT2D eigenvalue weighted by atomic mass is 9.96. The minimum absolute atomic E-state index is 0.182. The van der Waals surface area contributed by atoms with Gasteiger partial charge in [-0.3, -0.25) is 0 Å². The molecule has 0 aliphatic heterocycles. The van der Waals surface area contributed by atoms with E-state index in [0.717, 1.165) is 16.7 Å². The molecule has 0 atom stereocenters. The normalized spacial score (nSPS) is 9.95. The Morgan fingerprint density at radius 3 is 2.09 bits per heavy atom. The van der Waals surface area contributed by atoms with Crippen LogP contribution in [0.1, 0.15) is 16.7 Å². The second-order valence-corrected chi connectivity index (χ2v) is 4.52. The third-order valence-electron chi connectivity index (χ3n) is 3.23. The van der Waals surface area contributed by atoms with Crippen LogP contribution in [0.15, 0.2) is 12.1 Å². The molecule has 0 aliphatic rings. The summed E-state index contributed by atoms with van der Waals surface area (Å²) in [6.07, 6.45) is -0.427. The van der Waals surface area contributed by atoms with Crippen LogP contribution in [0.4, 0.5) is 15.3 Å². The van der Waals surface area contributed by atoms with Gasteiger partial charge in [-0.25, -0.2) is 9.59 Å². The summed E-state index contributed by atoms with van der Waals surface area (Å²) >= 11 is 0. The van der Waals surface area contributed by atoms with Crippen molar-refractivity contribution in [1.82, 2.24) is 0 Å². The van der Waals surface area contributed by atoms with Crippen molar-refractivity contribution in [3.8, 4) is 0 Å². The summed E-state index contributed by atoms with van der Waals surface area (Å²) in [6.45, 7) is 2.27. The molecular formula is C15H21NO6. The van der Waals surface area contributed by atoms with Crippen molar-refractivity contribution in [2.24, 2.45) is 0 Å². The van der Waals surface area contributed by atoms with Crippen LogP contribution in [-0.4, -0.2) is 39.7 Å². The molecule has 0 spiro atoms. The van der Waals surface area contributed by atoms with Crippen molar-refractivity contribution in [3.05, 3.63) is 28.8 Å². The average molecular weight is 311 g/mol. The molecule has 0 amide bonds. The molecule has 0 bridgehead atoms. The molecule has 0 aliphatic carbocycles. The maximum atomic E-state index is 11.0. The molecule has 1 rings (SSSR count). The highest BCUT2D eigenvalue weighted by atomic mass is 16.7. The van der Waals surface area contributed by atoms with Gasteiger partial charge >= 0.3 is 12.3 Å². The number of ether oxygens (including phenoxy) is 4. The Hall–Kier alpha value is -2.44. The fraction of sp³-hybridized carbons (Fsp3) is 0.467. The van der Waals surface area contributed by atoms with E-state index in [-0.39, 0.29) is 13.2 Å². The first-order valence-corrected chi connectivity index (χ1v) is 6.78. The van der Waals surface area contributed by atoms with Gasteiger partial charge in [-0.05, 0) is 29.7 Å². The SMILES string of the molecule is COC(=O)OCCc1ccc(N)c(C)c1CCOC(=O)OC. The molecule has 0 aromatic heterocycles. The molecule has 7 heteroatoms. The Balaban J connectivity index is 2.72. The molecular weight excluding hydrogens is 290 g/mol. The summed E-state index contributed by atoms with van der Waals surface area (Å²) in [5, 5.41) is 0. The quantitative estimate of drug-likeness (QED) is 0.635. The van der Waals surface area contributed by atoms with Crippen LogP contribution >= 0.6 is 0 Å². The number of nitrogen functional groups attached to an aromatic ring is 1. The van der Waals surface area contributed by atoms with Crippen molar-refractivity contribution < 1.29 is 28.5 Å². The van der Waals surface area contributed by atoms with E-state index in [9.17, 15) is 9.59 Å². The van der Waals surface area contributed by atoms with Gasteiger partial charge in [-0.15, -0.1) is 0 Å². The summed E-state index contributed by atoms with van der Waals surface area (Å²) in [7, 11) is 2.51. The largest absolute Gasteiger partial charge is 0.507 e. The van der Waals surface area contributed by atoms with E-state index in [1.165, 1.54) is 14.2 Å². The molecule has 22 heavy (non-hydrogen) atoms. The number of carbonyl (C=O) groups is 2. The van der Waals surface area contributed by atoms with E-state index in [1.54, 1.807) is 6.07 Å². The third-order valence-corrected chi connectivity index (χ3v) is 3.23. The Bertz CT molecular complexity index is 529. The molecule has 0 saturated heterocycles. The standard InChI is InChI=1S/C15H21NO6/c1-10-12(7-9-22-15(18)20-3)11(4-5-13(10)16)6-8-21-14(17)19-2/h4-5H,6-9,16H2,1-3H3. The second-order valence-electron chi connectivity index (χ2n) is 4.52. The fourth-order valence-corrected chi connectivity index (χ4v) is 2.01. The van der Waals surface area contributed by atoms with Crippen LogP contribution < -0.4 is 5.73 Å². The molecule has 1 aromatic carbocycles. The summed E-state index contributed by atoms with van der Waals surface area (Å²) in [6, 6.07) is 3.67. The number of anilines is 1. The van der Waals surface area contributed by atoms with Gasteiger partial charge in [0.05, 0.1) is 27.4 Å². The maximum absolute atomic E-state index is 11.0. The first kappa shape index (κ1) is 17.6. The number of methoxy groups -OCH3 is 2. The number of hydrogen-bond acceptors (Lipinski definition) is 7. The number of benzene rings is 1. The predicted octanol–water partition coefficient (Wildman–Crippen LogP) is 2.23. The van der Waals surface area contributed by atoms with Gasteiger partial charge in [-0.1, -0.05) is 6.07 Å². The zero-order chi connectivity index (χ0) is 16.5. The Kier molecular flexibility index (Phi) is 7.01. The highest BCUT2D eigenvalue weighted by Gasteiger charge is 2.11. The van der Waals surface area contributed by atoms with E-state index in [2.05, 4.69) is 9.47 Å². The van der Waals surface area contributed by atoms with E-state index < -0.39 is 12.3 Å². The molecule has 2 N–H and O–H groups in total. The molecule has 0 saturated carbocycles. The number of hydrogen-bond donors (Lipinski definition) is 1. The number of nitrogens with two attached hydrogens (primary N) is 1. The molecule has 0 heterocycles. The van der Waals surface area contributed by atoms with Gasteiger partial charge in [-0.2, -0.15) is 0 Å². The van der Waals surface area contributed by atoms with Crippen molar-refractivity contribution in [2.75, 3.05) is 33.2 Å². The zero-order valence-electron chi connectivity index (χ0n) is 13.0. The third kappa shape index (κ3) is 5.16.